The van der Waals surface area contributed by atoms with Gasteiger partial charge in [-0.1, -0.05) is 11.6 Å². The molecule has 2 rings (SSSR count). The van der Waals surface area contributed by atoms with Crippen LogP contribution in [0.5, 0.6) is 0 Å². The zero-order valence-corrected chi connectivity index (χ0v) is 10.6. The van der Waals surface area contributed by atoms with Crippen LogP contribution < -0.4 is 5.32 Å². The molecule has 0 aromatic carbocycles. The van der Waals surface area contributed by atoms with Crippen LogP contribution in [0.4, 0.5) is 5.82 Å². The quantitative estimate of drug-likeness (QED) is 0.879. The van der Waals surface area contributed by atoms with Crippen molar-refractivity contribution in [1.29, 1.82) is 0 Å². The number of hydrogen-bond acceptors (Lipinski definition) is 4. The molecule has 0 bridgehead atoms. The molecule has 0 saturated carbocycles. The Morgan fingerprint density at radius 3 is 2.67 bits per heavy atom. The number of nitrogens with zero attached hydrogens (tertiary/aromatic N) is 3. The average Bonchev–Trinajstić information content (AvgIpc) is 2.41. The van der Waals surface area contributed by atoms with Gasteiger partial charge in [-0.2, -0.15) is 0 Å². The van der Waals surface area contributed by atoms with Crippen molar-refractivity contribution in [2.75, 3.05) is 5.32 Å². The van der Waals surface area contributed by atoms with E-state index in [-0.39, 0.29) is 11.6 Å². The summed E-state index contributed by atoms with van der Waals surface area (Å²) in [6.45, 7) is 0. The highest BCUT2D eigenvalue weighted by Crippen LogP contribution is 2.12. The minimum atomic E-state index is -0.409. The molecule has 1 amide bonds. The van der Waals surface area contributed by atoms with Crippen LogP contribution in [0.2, 0.25) is 5.02 Å². The second kappa shape index (κ2) is 5.75. The molecule has 0 aliphatic carbocycles. The monoisotopic (exact) mass is 282 g/mol. The summed E-state index contributed by atoms with van der Waals surface area (Å²) >= 11 is 11.4. The fourth-order valence-electron chi connectivity index (χ4n) is 1.28. The van der Waals surface area contributed by atoms with Crippen molar-refractivity contribution >= 4 is 34.9 Å². The average molecular weight is 283 g/mol. The molecule has 0 saturated heterocycles. The van der Waals surface area contributed by atoms with E-state index in [4.69, 9.17) is 23.2 Å². The van der Waals surface area contributed by atoms with E-state index in [1.54, 1.807) is 12.1 Å². The van der Waals surface area contributed by atoms with Crippen LogP contribution in [0.1, 0.15) is 16.2 Å². The minimum Gasteiger partial charge on any atom is -0.305 e. The molecule has 0 radical (unpaired) electrons. The van der Waals surface area contributed by atoms with E-state index in [0.717, 1.165) is 0 Å². The topological polar surface area (TPSA) is 67.8 Å². The lowest BCUT2D eigenvalue weighted by atomic mass is 10.3. The lowest BCUT2D eigenvalue weighted by Crippen LogP contribution is -2.17. The van der Waals surface area contributed by atoms with Gasteiger partial charge in [0.15, 0.2) is 5.69 Å². The second-order valence-corrected chi connectivity index (χ2v) is 4.00. The fourth-order valence-corrected chi connectivity index (χ4v) is 1.59. The third kappa shape index (κ3) is 2.94. The van der Waals surface area contributed by atoms with Crippen LogP contribution in [0.15, 0.2) is 30.7 Å². The molecule has 0 spiro atoms. The molecule has 2 aromatic rings. The van der Waals surface area contributed by atoms with E-state index >= 15 is 0 Å². The summed E-state index contributed by atoms with van der Waals surface area (Å²) in [5.41, 5.74) is 0.606. The number of nitrogens with one attached hydrogen (secondary N) is 1. The summed E-state index contributed by atoms with van der Waals surface area (Å²) in [7, 11) is 0. The molecule has 0 atom stereocenters. The van der Waals surface area contributed by atoms with E-state index in [1.165, 1.54) is 18.6 Å². The van der Waals surface area contributed by atoms with Gasteiger partial charge in [0, 0.05) is 18.6 Å². The summed E-state index contributed by atoms with van der Waals surface area (Å²) in [4.78, 5) is 23.8. The normalized spacial score (nSPS) is 10.1. The van der Waals surface area contributed by atoms with Gasteiger partial charge in [-0.25, -0.2) is 9.97 Å². The summed E-state index contributed by atoms with van der Waals surface area (Å²) < 4.78 is 0. The molecule has 5 nitrogen and oxygen atoms in total. The Kier molecular flexibility index (Phi) is 4.07. The highest BCUT2D eigenvalue weighted by molar-refractivity contribution is 6.30. The Morgan fingerprint density at radius 2 is 2.00 bits per heavy atom. The van der Waals surface area contributed by atoms with Gasteiger partial charge in [0.25, 0.3) is 5.91 Å². The molecule has 0 aliphatic rings. The van der Waals surface area contributed by atoms with E-state index in [0.29, 0.717) is 16.5 Å². The van der Waals surface area contributed by atoms with Gasteiger partial charge in [-0.3, -0.25) is 9.78 Å². The van der Waals surface area contributed by atoms with Gasteiger partial charge < -0.3 is 5.32 Å². The van der Waals surface area contributed by atoms with Crippen molar-refractivity contribution in [2.45, 2.75) is 5.88 Å². The lowest BCUT2D eigenvalue weighted by Gasteiger charge is -2.05. The molecule has 7 heteroatoms. The lowest BCUT2D eigenvalue weighted by molar-refractivity contribution is 0.102. The van der Waals surface area contributed by atoms with E-state index in [1.807, 2.05) is 0 Å². The van der Waals surface area contributed by atoms with Gasteiger partial charge in [0.05, 0.1) is 16.6 Å². The zero-order chi connectivity index (χ0) is 13.0. The van der Waals surface area contributed by atoms with Crippen LogP contribution in [0.3, 0.4) is 0 Å². The van der Waals surface area contributed by atoms with Gasteiger partial charge in [0.2, 0.25) is 0 Å². The standard InChI is InChI=1S/C11H8Cl2N4O/c12-5-8-10(15-4-3-14-8)11(18)17-9-2-1-7(13)6-16-9/h1-4,6H,5H2,(H,16,17,18). The number of carbonyl (C=O) groups excluding carboxylic acids is 1. The summed E-state index contributed by atoms with van der Waals surface area (Å²) in [5, 5.41) is 3.08. The molecule has 92 valence electrons. The Bertz CT molecular complexity index is 559. The SMILES string of the molecule is O=C(Nc1ccc(Cl)cn1)c1nccnc1CCl. The summed E-state index contributed by atoms with van der Waals surface area (Å²) in [6.07, 6.45) is 4.35. The molecule has 0 fully saturated rings. The first-order valence-corrected chi connectivity index (χ1v) is 5.90. The number of pyridine rings is 1. The predicted octanol–water partition coefficient (Wildman–Crippen LogP) is 2.52. The number of carbonyl (C=O) groups is 1. The van der Waals surface area contributed by atoms with Crippen LogP contribution in [0.25, 0.3) is 0 Å². The number of anilines is 1. The molecule has 1 N–H and O–H groups in total. The molecule has 0 unspecified atom stereocenters. The number of alkyl halides is 1. The minimum absolute atomic E-state index is 0.116. The third-order valence-corrected chi connectivity index (χ3v) is 2.56. The highest BCUT2D eigenvalue weighted by atomic mass is 35.5. The van der Waals surface area contributed by atoms with Gasteiger partial charge in [-0.05, 0) is 12.1 Å². The van der Waals surface area contributed by atoms with E-state index < -0.39 is 5.91 Å². The first kappa shape index (κ1) is 12.7. The maximum Gasteiger partial charge on any atom is 0.277 e. The van der Waals surface area contributed by atoms with Gasteiger partial charge in [-0.15, -0.1) is 11.6 Å². The van der Waals surface area contributed by atoms with Crippen molar-refractivity contribution in [3.05, 3.63) is 47.1 Å². The number of aromatic nitrogens is 3. The molecule has 0 aliphatic heterocycles. The smallest absolute Gasteiger partial charge is 0.277 e. The summed E-state index contributed by atoms with van der Waals surface area (Å²) in [6, 6.07) is 3.22. The van der Waals surface area contributed by atoms with E-state index in [9.17, 15) is 4.79 Å². The summed E-state index contributed by atoms with van der Waals surface area (Å²) in [5.74, 6) is 0.0918. The highest BCUT2D eigenvalue weighted by Gasteiger charge is 2.13. The first-order chi connectivity index (χ1) is 8.70. The molecule has 18 heavy (non-hydrogen) atoms. The molecule has 2 heterocycles. The van der Waals surface area contributed by atoms with Crippen molar-refractivity contribution in [3.8, 4) is 0 Å². The van der Waals surface area contributed by atoms with Gasteiger partial charge in [0.1, 0.15) is 5.82 Å². The number of halogens is 2. The van der Waals surface area contributed by atoms with E-state index in [2.05, 4.69) is 20.3 Å². The Balaban J connectivity index is 2.19. The van der Waals surface area contributed by atoms with Crippen molar-refractivity contribution in [1.82, 2.24) is 15.0 Å². The van der Waals surface area contributed by atoms with Crippen LogP contribution in [-0.4, -0.2) is 20.9 Å². The maximum atomic E-state index is 11.9. The molecule has 2 aromatic heterocycles. The predicted molar refractivity (Wildman–Crippen MR) is 68.8 cm³/mol. The Hall–Kier alpha value is -1.72. The fraction of sp³-hybridized carbons (Fsp3) is 0.0909. The van der Waals surface area contributed by atoms with Crippen molar-refractivity contribution in [2.24, 2.45) is 0 Å². The Labute approximate surface area is 113 Å². The van der Waals surface area contributed by atoms with Gasteiger partial charge >= 0.3 is 0 Å². The van der Waals surface area contributed by atoms with Crippen molar-refractivity contribution < 1.29 is 4.79 Å². The molecular weight excluding hydrogens is 275 g/mol. The second-order valence-electron chi connectivity index (χ2n) is 3.30. The largest absolute Gasteiger partial charge is 0.305 e. The van der Waals surface area contributed by atoms with Crippen molar-refractivity contribution in [3.63, 3.8) is 0 Å². The number of rotatable bonds is 3. The maximum absolute atomic E-state index is 11.9. The zero-order valence-electron chi connectivity index (χ0n) is 9.10. The van der Waals surface area contributed by atoms with Crippen LogP contribution >= 0.6 is 23.2 Å². The number of amides is 1. The van der Waals surface area contributed by atoms with Crippen LogP contribution in [0, 0.1) is 0 Å². The first-order valence-electron chi connectivity index (χ1n) is 4.99. The van der Waals surface area contributed by atoms with Crippen LogP contribution in [-0.2, 0) is 5.88 Å². The third-order valence-electron chi connectivity index (χ3n) is 2.08. The Morgan fingerprint density at radius 1 is 1.22 bits per heavy atom. The molecular formula is C11H8Cl2N4O. The number of hydrogen-bond donors (Lipinski definition) is 1.